The Morgan fingerprint density at radius 3 is 2.25 bits per heavy atom. The summed E-state index contributed by atoms with van der Waals surface area (Å²) in [5.41, 5.74) is 0.440. The summed E-state index contributed by atoms with van der Waals surface area (Å²) in [4.78, 5) is 29.2. The monoisotopic (exact) mass is 442 g/mol. The van der Waals surface area contributed by atoms with Gasteiger partial charge in [-0.2, -0.15) is 13.2 Å². The lowest BCUT2D eigenvalue weighted by molar-refractivity contribution is -0.137. The second-order valence-electron chi connectivity index (χ2n) is 7.47. The molecule has 4 rings (SSSR count). The molecule has 0 saturated carbocycles. The van der Waals surface area contributed by atoms with Gasteiger partial charge in [0.1, 0.15) is 11.9 Å². The van der Waals surface area contributed by atoms with Crippen molar-refractivity contribution >= 4 is 23.2 Å². The third-order valence-corrected chi connectivity index (χ3v) is 5.35. The number of hydrogen-bond donors (Lipinski definition) is 0. The van der Waals surface area contributed by atoms with Gasteiger partial charge in [-0.15, -0.1) is 0 Å². The van der Waals surface area contributed by atoms with Crippen LogP contribution in [0.1, 0.15) is 28.4 Å². The summed E-state index contributed by atoms with van der Waals surface area (Å²) < 4.78 is 52.6. The molecule has 1 aliphatic rings. The minimum absolute atomic E-state index is 0.159. The number of carbonyl (C=O) groups excluding carboxylic acids is 2. The highest BCUT2D eigenvalue weighted by molar-refractivity contribution is 6.17. The molecule has 3 aromatic rings. The zero-order chi connectivity index (χ0) is 23.0. The van der Waals surface area contributed by atoms with Crippen LogP contribution in [-0.2, 0) is 17.5 Å². The molecule has 1 heterocycles. The highest BCUT2D eigenvalue weighted by Crippen LogP contribution is 2.38. The fourth-order valence-corrected chi connectivity index (χ4v) is 3.75. The minimum atomic E-state index is -4.59. The van der Waals surface area contributed by atoms with E-state index in [0.717, 1.165) is 12.1 Å². The van der Waals surface area contributed by atoms with Crippen molar-refractivity contribution in [1.29, 1.82) is 0 Å². The fourth-order valence-electron chi connectivity index (χ4n) is 3.75. The summed E-state index contributed by atoms with van der Waals surface area (Å²) in [6, 6.07) is 15.6. The lowest BCUT2D eigenvalue weighted by Crippen LogP contribution is -2.54. The fraction of sp³-hybridized carbons (Fsp3) is 0.167. The molecule has 1 unspecified atom stereocenters. The summed E-state index contributed by atoms with van der Waals surface area (Å²) >= 11 is 0. The Labute approximate surface area is 181 Å². The number of halogens is 4. The van der Waals surface area contributed by atoms with Gasteiger partial charge in [0, 0.05) is 5.56 Å². The number of anilines is 2. The largest absolute Gasteiger partial charge is 0.416 e. The first-order chi connectivity index (χ1) is 15.2. The molecule has 0 spiro atoms. The van der Waals surface area contributed by atoms with Gasteiger partial charge < -0.3 is 4.90 Å². The van der Waals surface area contributed by atoms with Crippen molar-refractivity contribution < 1.29 is 27.2 Å². The molecule has 0 N–H and O–H groups in total. The van der Waals surface area contributed by atoms with E-state index in [-0.39, 0.29) is 12.1 Å². The molecule has 8 heteroatoms. The Bertz CT molecular complexity index is 1180. The van der Waals surface area contributed by atoms with Crippen LogP contribution in [0.15, 0.2) is 72.8 Å². The van der Waals surface area contributed by atoms with Crippen molar-refractivity contribution in [3.05, 3.63) is 95.3 Å². The number of alkyl halides is 3. The molecule has 0 radical (unpaired) electrons. The van der Waals surface area contributed by atoms with E-state index in [1.165, 1.54) is 41.0 Å². The normalized spacial score (nSPS) is 16.2. The van der Waals surface area contributed by atoms with E-state index >= 15 is 0 Å². The van der Waals surface area contributed by atoms with Crippen LogP contribution in [0, 0.1) is 5.82 Å². The quantitative estimate of drug-likeness (QED) is 0.508. The third kappa shape index (κ3) is 3.95. The molecular formula is C24H18F4N2O2. The van der Waals surface area contributed by atoms with Gasteiger partial charge in [0.25, 0.3) is 5.91 Å². The molecule has 0 saturated heterocycles. The SMILES string of the molecule is CC1C(=O)N(Cc2ccc(F)cc2)c2ccccc2N1C(=O)c1cccc(C(F)(F)F)c1. The number of rotatable bonds is 3. The van der Waals surface area contributed by atoms with Crippen molar-refractivity contribution in [3.8, 4) is 0 Å². The third-order valence-electron chi connectivity index (χ3n) is 5.35. The Hall–Kier alpha value is -3.68. The average Bonchev–Trinajstić information content (AvgIpc) is 2.77. The molecule has 0 aliphatic carbocycles. The highest BCUT2D eigenvalue weighted by atomic mass is 19.4. The maximum absolute atomic E-state index is 13.3. The van der Waals surface area contributed by atoms with Crippen molar-refractivity contribution in [1.82, 2.24) is 0 Å². The summed E-state index contributed by atoms with van der Waals surface area (Å²) in [7, 11) is 0. The molecule has 3 aromatic carbocycles. The topological polar surface area (TPSA) is 40.6 Å². The van der Waals surface area contributed by atoms with Gasteiger partial charge in [0.2, 0.25) is 5.91 Å². The van der Waals surface area contributed by atoms with E-state index in [1.54, 1.807) is 36.4 Å². The predicted octanol–water partition coefficient (Wildman–Crippen LogP) is 5.43. The van der Waals surface area contributed by atoms with Crippen LogP contribution in [0.25, 0.3) is 0 Å². The van der Waals surface area contributed by atoms with Gasteiger partial charge in [-0.25, -0.2) is 4.39 Å². The van der Waals surface area contributed by atoms with Crippen LogP contribution in [-0.4, -0.2) is 17.9 Å². The summed E-state index contributed by atoms with van der Waals surface area (Å²) in [6.45, 7) is 1.69. The van der Waals surface area contributed by atoms with E-state index in [4.69, 9.17) is 0 Å². The second-order valence-corrected chi connectivity index (χ2v) is 7.47. The molecule has 0 fully saturated rings. The van der Waals surface area contributed by atoms with Gasteiger partial charge in [0.15, 0.2) is 0 Å². The maximum atomic E-state index is 13.3. The minimum Gasteiger partial charge on any atom is -0.304 e. The molecule has 4 nitrogen and oxygen atoms in total. The van der Waals surface area contributed by atoms with Crippen LogP contribution >= 0.6 is 0 Å². The Kier molecular flexibility index (Phi) is 5.46. The number of hydrogen-bond acceptors (Lipinski definition) is 2. The Morgan fingerprint density at radius 2 is 1.59 bits per heavy atom. The smallest absolute Gasteiger partial charge is 0.304 e. The van der Waals surface area contributed by atoms with Crippen LogP contribution < -0.4 is 9.80 Å². The van der Waals surface area contributed by atoms with Crippen molar-refractivity contribution in [3.63, 3.8) is 0 Å². The van der Waals surface area contributed by atoms with Crippen LogP contribution in [0.4, 0.5) is 28.9 Å². The van der Waals surface area contributed by atoms with E-state index in [1.807, 2.05) is 0 Å². The number of fused-ring (bicyclic) bond motifs is 1. The molecule has 0 aromatic heterocycles. The Morgan fingerprint density at radius 1 is 0.938 bits per heavy atom. The standard InChI is InChI=1S/C24H18F4N2O2/c1-15-22(31)29(14-16-9-11-19(25)12-10-16)20-7-2-3-8-21(20)30(15)23(32)17-5-4-6-18(13-17)24(26,27)28/h2-13,15H,14H2,1H3. The van der Waals surface area contributed by atoms with Crippen LogP contribution in [0.2, 0.25) is 0 Å². The number of nitrogens with zero attached hydrogens (tertiary/aromatic N) is 2. The van der Waals surface area contributed by atoms with E-state index in [2.05, 4.69) is 0 Å². The van der Waals surface area contributed by atoms with Gasteiger partial charge >= 0.3 is 6.18 Å². The van der Waals surface area contributed by atoms with Crippen LogP contribution in [0.5, 0.6) is 0 Å². The van der Waals surface area contributed by atoms with Gasteiger partial charge in [0.05, 0.1) is 23.5 Å². The zero-order valence-corrected chi connectivity index (χ0v) is 16.9. The van der Waals surface area contributed by atoms with Crippen molar-refractivity contribution in [2.45, 2.75) is 25.7 Å². The molecule has 32 heavy (non-hydrogen) atoms. The first-order valence-electron chi connectivity index (χ1n) is 9.82. The summed E-state index contributed by atoms with van der Waals surface area (Å²) in [5, 5.41) is 0. The van der Waals surface area contributed by atoms with Crippen molar-refractivity contribution in [2.24, 2.45) is 0 Å². The summed E-state index contributed by atoms with van der Waals surface area (Å²) in [6.07, 6.45) is -4.59. The van der Waals surface area contributed by atoms with Crippen molar-refractivity contribution in [2.75, 3.05) is 9.80 Å². The molecular weight excluding hydrogens is 424 g/mol. The molecule has 164 valence electrons. The number of benzene rings is 3. The van der Waals surface area contributed by atoms with Gasteiger partial charge in [-0.05, 0) is 55.0 Å². The highest BCUT2D eigenvalue weighted by Gasteiger charge is 2.39. The molecule has 1 aliphatic heterocycles. The van der Waals surface area contributed by atoms with E-state index in [9.17, 15) is 27.2 Å². The predicted molar refractivity (Wildman–Crippen MR) is 112 cm³/mol. The number of para-hydroxylation sites is 2. The van der Waals surface area contributed by atoms with E-state index < -0.39 is 35.4 Å². The van der Waals surface area contributed by atoms with Gasteiger partial charge in [-0.3, -0.25) is 14.5 Å². The first kappa shape index (κ1) is 21.5. The average molecular weight is 442 g/mol. The maximum Gasteiger partial charge on any atom is 0.416 e. The molecule has 2 amide bonds. The number of carbonyl (C=O) groups is 2. The Balaban J connectivity index is 1.73. The zero-order valence-electron chi connectivity index (χ0n) is 16.9. The number of amides is 2. The van der Waals surface area contributed by atoms with Crippen LogP contribution in [0.3, 0.4) is 0 Å². The molecule has 0 bridgehead atoms. The summed E-state index contributed by atoms with van der Waals surface area (Å²) in [5.74, 6) is -1.50. The van der Waals surface area contributed by atoms with E-state index in [0.29, 0.717) is 16.9 Å². The molecule has 1 atom stereocenters. The first-order valence-corrected chi connectivity index (χ1v) is 9.82. The van der Waals surface area contributed by atoms with Gasteiger partial charge in [-0.1, -0.05) is 30.3 Å². The lowest BCUT2D eigenvalue weighted by Gasteiger charge is -2.40. The second kappa shape index (κ2) is 8.11. The lowest BCUT2D eigenvalue weighted by atomic mass is 10.0.